The summed E-state index contributed by atoms with van der Waals surface area (Å²) in [5, 5.41) is 0. The first-order valence-corrected chi connectivity index (χ1v) is 3.95. The van der Waals surface area contributed by atoms with Crippen molar-refractivity contribution < 1.29 is 0 Å². The maximum Gasteiger partial charge on any atom is 0.182 e. The molecule has 0 aromatic carbocycles. The van der Waals surface area contributed by atoms with E-state index in [1.807, 2.05) is 4.81 Å². The lowest BCUT2D eigenvalue weighted by molar-refractivity contribution is 0.0801. The fourth-order valence-corrected chi connectivity index (χ4v) is 2.35. The van der Waals surface area contributed by atoms with Gasteiger partial charge in [0.2, 0.25) is 0 Å². The fraction of sp³-hybridized carbons (Fsp3) is 1.00. The third-order valence-electron chi connectivity index (χ3n) is 2.82. The maximum atomic E-state index is 5.81. The molecule has 2 rings (SSSR count). The molecule has 0 N–H and O–H groups in total. The van der Waals surface area contributed by atoms with E-state index in [4.69, 9.17) is 15.8 Å². The summed E-state index contributed by atoms with van der Waals surface area (Å²) in [6, 6.07) is 0. The summed E-state index contributed by atoms with van der Waals surface area (Å²) in [7, 11) is 11.4. The smallest absolute Gasteiger partial charge is 0.182 e. The monoisotopic (exact) mass is 131 g/mol. The molecule has 1 aliphatic heterocycles. The van der Waals surface area contributed by atoms with Gasteiger partial charge >= 0.3 is 0 Å². The van der Waals surface area contributed by atoms with E-state index in [0.717, 1.165) is 13.1 Å². The van der Waals surface area contributed by atoms with Crippen LogP contribution < -0.4 is 0 Å². The topological polar surface area (TPSA) is 3.24 Å². The second kappa shape index (κ2) is 2.04. The van der Waals surface area contributed by atoms with Crippen molar-refractivity contribution in [3.63, 3.8) is 0 Å². The van der Waals surface area contributed by atoms with Gasteiger partial charge in [0.25, 0.3) is 0 Å². The van der Waals surface area contributed by atoms with Crippen LogP contribution in [0, 0.1) is 5.41 Å². The van der Waals surface area contributed by atoms with Crippen molar-refractivity contribution >= 4 is 15.8 Å². The van der Waals surface area contributed by atoms with Gasteiger partial charge in [0.05, 0.1) is 7.85 Å². The molecule has 4 radical (unpaired) electrons. The van der Waals surface area contributed by atoms with Crippen LogP contribution in [0.5, 0.6) is 0 Å². The zero-order valence-corrected chi connectivity index (χ0v) is 6.21. The molecule has 0 bridgehead atoms. The molecule has 2 aliphatic rings. The minimum absolute atomic E-state index is 0.452. The van der Waals surface area contributed by atoms with E-state index >= 15 is 0 Å². The highest BCUT2D eigenvalue weighted by Gasteiger charge is 2.44. The summed E-state index contributed by atoms with van der Waals surface area (Å²) >= 11 is 0. The second-order valence-corrected chi connectivity index (χ2v) is 3.91. The average Bonchev–Trinajstić information content (AvgIpc) is 2.10. The largest absolute Gasteiger partial charge is 0.352 e. The first-order valence-electron chi connectivity index (χ1n) is 3.95. The molecular weight excluding hydrogens is 120 g/mol. The Balaban J connectivity index is 1.95. The van der Waals surface area contributed by atoms with Crippen LogP contribution in [-0.4, -0.2) is 33.7 Å². The van der Waals surface area contributed by atoms with Gasteiger partial charge in [-0.2, -0.15) is 0 Å². The van der Waals surface area contributed by atoms with Gasteiger partial charge in [-0.25, -0.2) is 0 Å². The first kappa shape index (κ1) is 6.78. The number of hydrogen-bond acceptors (Lipinski definition) is 1. The highest BCUT2D eigenvalue weighted by molar-refractivity contribution is 6.11. The van der Waals surface area contributed by atoms with Crippen molar-refractivity contribution in [3.8, 4) is 0 Å². The molecule has 1 unspecified atom stereocenters. The first-order chi connectivity index (χ1) is 4.70. The Bertz CT molecular complexity index is 137. The zero-order chi connectivity index (χ0) is 7.19. The Morgan fingerprint density at radius 2 is 2.10 bits per heavy atom. The predicted molar refractivity (Wildman–Crippen MR) is 43.1 cm³/mol. The lowest BCUT2D eigenvalue weighted by Crippen LogP contribution is -2.53. The molecule has 1 saturated carbocycles. The van der Waals surface area contributed by atoms with Crippen molar-refractivity contribution in [2.24, 2.45) is 5.41 Å². The Hall–Kier alpha value is 0.0899. The number of nitrogens with zero attached hydrogens (tertiary/aromatic N) is 1. The fourth-order valence-electron chi connectivity index (χ4n) is 2.35. The van der Waals surface area contributed by atoms with Gasteiger partial charge < -0.3 is 4.81 Å². The standard InChI is InChI=1S/C7H11B2N/c8-6-1-2-7(3-6)4-10(9)5-7/h6H,1-5H2. The molecule has 0 amide bonds. The maximum absolute atomic E-state index is 5.81. The van der Waals surface area contributed by atoms with Crippen LogP contribution in [0.15, 0.2) is 0 Å². The van der Waals surface area contributed by atoms with Crippen LogP contribution in [0.1, 0.15) is 19.3 Å². The molecule has 1 atom stereocenters. The van der Waals surface area contributed by atoms with E-state index in [2.05, 4.69) is 0 Å². The SMILES string of the molecule is [B]C1CCC2(C1)CN([B])C2. The van der Waals surface area contributed by atoms with Crippen molar-refractivity contribution in [1.82, 2.24) is 4.81 Å². The summed E-state index contributed by atoms with van der Waals surface area (Å²) < 4.78 is 0. The summed E-state index contributed by atoms with van der Waals surface area (Å²) in [6.45, 7) is 2.14. The van der Waals surface area contributed by atoms with Gasteiger partial charge in [0.15, 0.2) is 7.98 Å². The normalized spacial score (nSPS) is 38.2. The average molecular weight is 131 g/mol. The van der Waals surface area contributed by atoms with Crippen molar-refractivity contribution in [3.05, 3.63) is 0 Å². The van der Waals surface area contributed by atoms with Gasteiger partial charge in [-0.15, -0.1) is 0 Å². The second-order valence-electron chi connectivity index (χ2n) is 3.91. The van der Waals surface area contributed by atoms with Gasteiger partial charge in [0.1, 0.15) is 0 Å². The Kier molecular flexibility index (Phi) is 1.38. The molecule has 0 aromatic heterocycles. The molecule has 1 saturated heterocycles. The number of hydrogen-bond donors (Lipinski definition) is 0. The van der Waals surface area contributed by atoms with E-state index in [-0.39, 0.29) is 0 Å². The van der Waals surface area contributed by atoms with Gasteiger partial charge in [-0.1, -0.05) is 18.7 Å². The van der Waals surface area contributed by atoms with Gasteiger partial charge in [-0.3, -0.25) is 0 Å². The van der Waals surface area contributed by atoms with Crippen LogP contribution >= 0.6 is 0 Å². The van der Waals surface area contributed by atoms with Crippen LogP contribution in [0.3, 0.4) is 0 Å². The summed E-state index contributed by atoms with van der Waals surface area (Å²) in [6.07, 6.45) is 3.69. The summed E-state index contributed by atoms with van der Waals surface area (Å²) in [5.41, 5.74) is 0.536. The Morgan fingerprint density at radius 3 is 2.50 bits per heavy atom. The van der Waals surface area contributed by atoms with Gasteiger partial charge in [0, 0.05) is 0 Å². The molecule has 10 heavy (non-hydrogen) atoms. The molecule has 1 spiro atoms. The summed E-state index contributed by atoms with van der Waals surface area (Å²) in [4.78, 5) is 1.89. The predicted octanol–water partition coefficient (Wildman–Crippen LogP) is 0.513. The third kappa shape index (κ3) is 0.914. The minimum Gasteiger partial charge on any atom is -0.352 e. The summed E-state index contributed by atoms with van der Waals surface area (Å²) in [5.74, 6) is 0.452. The van der Waals surface area contributed by atoms with Crippen LogP contribution in [-0.2, 0) is 0 Å². The van der Waals surface area contributed by atoms with Crippen molar-refractivity contribution in [1.29, 1.82) is 0 Å². The van der Waals surface area contributed by atoms with Crippen molar-refractivity contribution in [2.45, 2.75) is 25.1 Å². The molecule has 1 nitrogen and oxygen atoms in total. The lowest BCUT2D eigenvalue weighted by Gasteiger charge is -2.47. The molecule has 0 aromatic rings. The number of rotatable bonds is 0. The Morgan fingerprint density at radius 1 is 1.40 bits per heavy atom. The van der Waals surface area contributed by atoms with Crippen LogP contribution in [0.25, 0.3) is 0 Å². The van der Waals surface area contributed by atoms with Crippen molar-refractivity contribution in [2.75, 3.05) is 13.1 Å². The quantitative estimate of drug-likeness (QED) is 0.433. The molecule has 1 aliphatic carbocycles. The molecule has 50 valence electrons. The zero-order valence-electron chi connectivity index (χ0n) is 6.21. The van der Waals surface area contributed by atoms with E-state index in [1.54, 1.807) is 0 Å². The van der Waals surface area contributed by atoms with E-state index in [9.17, 15) is 0 Å². The third-order valence-corrected chi connectivity index (χ3v) is 2.82. The molecule has 1 heterocycles. The molecule has 3 heteroatoms. The highest BCUT2D eigenvalue weighted by atomic mass is 15.1. The van der Waals surface area contributed by atoms with E-state index < -0.39 is 0 Å². The Labute approximate surface area is 65.0 Å². The lowest BCUT2D eigenvalue weighted by atomic mass is 9.73. The van der Waals surface area contributed by atoms with Crippen LogP contribution in [0.4, 0.5) is 0 Å². The van der Waals surface area contributed by atoms with E-state index in [0.29, 0.717) is 11.2 Å². The van der Waals surface area contributed by atoms with E-state index in [1.165, 1.54) is 19.3 Å². The minimum atomic E-state index is 0.452. The molecule has 2 fully saturated rings. The highest BCUT2D eigenvalue weighted by Crippen LogP contribution is 2.48. The van der Waals surface area contributed by atoms with Gasteiger partial charge in [-0.05, 0) is 24.9 Å². The molecular formula is C7H11B2N. The van der Waals surface area contributed by atoms with Crippen LogP contribution in [0.2, 0.25) is 5.82 Å².